The molecule has 1 fully saturated rings. The molecule has 0 amide bonds. The quantitative estimate of drug-likeness (QED) is 0.486. The Hall–Kier alpha value is -1.05. The summed E-state index contributed by atoms with van der Waals surface area (Å²) in [7, 11) is 0. The molecule has 5 nitrogen and oxygen atoms in total. The molecule has 0 aliphatic heterocycles. The van der Waals surface area contributed by atoms with Gasteiger partial charge in [-0.05, 0) is 31.2 Å². The lowest BCUT2D eigenvalue weighted by molar-refractivity contribution is 0.201. The van der Waals surface area contributed by atoms with Crippen LogP contribution in [0.5, 0.6) is 5.88 Å². The Morgan fingerprint density at radius 1 is 1.33 bits per heavy atom. The van der Waals surface area contributed by atoms with Crippen LogP contribution in [0.1, 0.15) is 31.2 Å². The average Bonchev–Trinajstić information content (AvgIpc) is 2.81. The minimum Gasteiger partial charge on any atom is -0.474 e. The molecule has 100 valence electrons. The van der Waals surface area contributed by atoms with Crippen molar-refractivity contribution in [3.8, 4) is 5.88 Å². The normalized spacial score (nSPS) is 14.9. The monoisotopic (exact) mass is 362 g/mol. The third-order valence-electron chi connectivity index (χ3n) is 2.83. The third kappa shape index (κ3) is 4.67. The summed E-state index contributed by atoms with van der Waals surface area (Å²) >= 11 is 0. The first kappa shape index (κ1) is 15.0. The molecule has 1 saturated carbocycles. The predicted molar refractivity (Wildman–Crippen MR) is 82.0 cm³/mol. The lowest BCUT2D eigenvalue weighted by atomic mass is 10.3. The minimum absolute atomic E-state index is 0. The molecule has 0 saturated heterocycles. The summed E-state index contributed by atoms with van der Waals surface area (Å²) in [6, 6.07) is 3.81. The van der Waals surface area contributed by atoms with Crippen LogP contribution in [-0.2, 0) is 6.54 Å². The van der Waals surface area contributed by atoms with Crippen LogP contribution in [-0.4, -0.2) is 17.0 Å². The number of guanidine groups is 1. The zero-order valence-electron chi connectivity index (χ0n) is 10.2. The van der Waals surface area contributed by atoms with Crippen molar-refractivity contribution >= 4 is 29.9 Å². The van der Waals surface area contributed by atoms with Crippen molar-refractivity contribution in [3.05, 3.63) is 23.9 Å². The highest BCUT2D eigenvalue weighted by Crippen LogP contribution is 2.22. The highest BCUT2D eigenvalue weighted by molar-refractivity contribution is 14.0. The van der Waals surface area contributed by atoms with Crippen LogP contribution in [0.2, 0.25) is 0 Å². The first-order valence-electron chi connectivity index (χ1n) is 5.91. The van der Waals surface area contributed by atoms with Gasteiger partial charge in [-0.3, -0.25) is 0 Å². The van der Waals surface area contributed by atoms with Gasteiger partial charge >= 0.3 is 0 Å². The van der Waals surface area contributed by atoms with Gasteiger partial charge in [0.2, 0.25) is 5.88 Å². The van der Waals surface area contributed by atoms with Crippen LogP contribution < -0.4 is 16.2 Å². The number of aromatic nitrogens is 1. The summed E-state index contributed by atoms with van der Waals surface area (Å²) in [6.45, 7) is 0.457. The molecule has 1 aliphatic rings. The van der Waals surface area contributed by atoms with E-state index in [0.29, 0.717) is 18.5 Å². The molecule has 1 aromatic heterocycles. The Bertz CT molecular complexity index is 384. The number of nitrogens with two attached hydrogens (primary N) is 2. The molecule has 0 bridgehead atoms. The van der Waals surface area contributed by atoms with E-state index in [-0.39, 0.29) is 29.9 Å². The molecule has 18 heavy (non-hydrogen) atoms. The molecule has 0 aromatic carbocycles. The highest BCUT2D eigenvalue weighted by atomic mass is 127. The molecule has 0 spiro atoms. The van der Waals surface area contributed by atoms with Crippen LogP contribution in [0.4, 0.5) is 0 Å². The Labute approximate surface area is 124 Å². The predicted octanol–water partition coefficient (Wildman–Crippen LogP) is 1.79. The van der Waals surface area contributed by atoms with E-state index in [1.165, 1.54) is 12.8 Å². The average molecular weight is 362 g/mol. The Kier molecular flexibility index (Phi) is 6.17. The van der Waals surface area contributed by atoms with Crippen LogP contribution in [0.15, 0.2) is 23.3 Å². The summed E-state index contributed by atoms with van der Waals surface area (Å²) < 4.78 is 5.76. The van der Waals surface area contributed by atoms with Gasteiger partial charge in [-0.15, -0.1) is 24.0 Å². The number of aliphatic imine (C=N–C) groups is 1. The Balaban J connectivity index is 0.00000162. The Morgan fingerprint density at radius 2 is 2.06 bits per heavy atom. The number of ether oxygens (including phenoxy) is 1. The molecular weight excluding hydrogens is 343 g/mol. The number of pyridine rings is 1. The van der Waals surface area contributed by atoms with E-state index in [2.05, 4.69) is 9.98 Å². The van der Waals surface area contributed by atoms with Gasteiger partial charge < -0.3 is 16.2 Å². The largest absolute Gasteiger partial charge is 0.474 e. The zero-order chi connectivity index (χ0) is 12.1. The van der Waals surface area contributed by atoms with Crippen LogP contribution >= 0.6 is 24.0 Å². The van der Waals surface area contributed by atoms with Crippen LogP contribution in [0.25, 0.3) is 0 Å². The first-order valence-corrected chi connectivity index (χ1v) is 5.91. The van der Waals surface area contributed by atoms with E-state index in [4.69, 9.17) is 16.2 Å². The van der Waals surface area contributed by atoms with Crippen molar-refractivity contribution in [1.82, 2.24) is 4.98 Å². The maximum atomic E-state index is 5.76. The summed E-state index contributed by atoms with van der Waals surface area (Å²) in [6.07, 6.45) is 6.87. The van der Waals surface area contributed by atoms with Crippen molar-refractivity contribution in [3.63, 3.8) is 0 Å². The second kappa shape index (κ2) is 7.40. The molecule has 1 heterocycles. The van der Waals surface area contributed by atoms with Gasteiger partial charge in [0.15, 0.2) is 5.96 Å². The first-order chi connectivity index (χ1) is 8.24. The lowest BCUT2D eigenvalue weighted by Gasteiger charge is -2.11. The van der Waals surface area contributed by atoms with Crippen molar-refractivity contribution in [1.29, 1.82) is 0 Å². The maximum Gasteiger partial charge on any atom is 0.213 e. The van der Waals surface area contributed by atoms with E-state index >= 15 is 0 Å². The van der Waals surface area contributed by atoms with Crippen LogP contribution in [0, 0.1) is 0 Å². The van der Waals surface area contributed by atoms with Crippen molar-refractivity contribution < 1.29 is 4.74 Å². The van der Waals surface area contributed by atoms with Crippen LogP contribution in [0.3, 0.4) is 0 Å². The van der Waals surface area contributed by atoms with E-state index in [1.54, 1.807) is 6.20 Å². The van der Waals surface area contributed by atoms with Gasteiger partial charge in [0.1, 0.15) is 6.10 Å². The van der Waals surface area contributed by atoms with Gasteiger partial charge in [-0.1, -0.05) is 6.07 Å². The summed E-state index contributed by atoms with van der Waals surface area (Å²) in [5.74, 6) is 0.779. The Morgan fingerprint density at radius 3 is 2.61 bits per heavy atom. The summed E-state index contributed by atoms with van der Waals surface area (Å²) in [5, 5.41) is 0. The summed E-state index contributed by atoms with van der Waals surface area (Å²) in [5.41, 5.74) is 11.5. The molecule has 1 aliphatic carbocycles. The topological polar surface area (TPSA) is 86.5 Å². The van der Waals surface area contributed by atoms with E-state index in [0.717, 1.165) is 18.4 Å². The summed E-state index contributed by atoms with van der Waals surface area (Å²) in [4.78, 5) is 8.17. The number of nitrogens with zero attached hydrogens (tertiary/aromatic N) is 2. The van der Waals surface area contributed by atoms with Gasteiger partial charge in [0, 0.05) is 12.3 Å². The van der Waals surface area contributed by atoms with E-state index < -0.39 is 0 Å². The maximum absolute atomic E-state index is 5.76. The highest BCUT2D eigenvalue weighted by Gasteiger charge is 2.16. The zero-order valence-corrected chi connectivity index (χ0v) is 12.5. The van der Waals surface area contributed by atoms with E-state index in [9.17, 15) is 0 Å². The smallest absolute Gasteiger partial charge is 0.213 e. The van der Waals surface area contributed by atoms with Crippen molar-refractivity contribution in [2.75, 3.05) is 0 Å². The van der Waals surface area contributed by atoms with Gasteiger partial charge in [0.25, 0.3) is 0 Å². The van der Waals surface area contributed by atoms with Gasteiger partial charge in [-0.25, -0.2) is 9.98 Å². The molecular formula is C12H19IN4O. The number of hydrogen-bond donors (Lipinski definition) is 2. The molecule has 0 radical (unpaired) electrons. The third-order valence-corrected chi connectivity index (χ3v) is 2.83. The fourth-order valence-corrected chi connectivity index (χ4v) is 1.93. The van der Waals surface area contributed by atoms with Crippen molar-refractivity contribution in [2.45, 2.75) is 38.3 Å². The lowest BCUT2D eigenvalue weighted by Crippen LogP contribution is -2.22. The second-order valence-corrected chi connectivity index (χ2v) is 4.27. The fourth-order valence-electron chi connectivity index (χ4n) is 1.93. The minimum atomic E-state index is 0. The fraction of sp³-hybridized carbons (Fsp3) is 0.500. The van der Waals surface area contributed by atoms with Gasteiger partial charge in [-0.2, -0.15) is 0 Å². The second-order valence-electron chi connectivity index (χ2n) is 4.27. The molecule has 2 rings (SSSR count). The molecule has 6 heteroatoms. The SMILES string of the molecule is I.NC(N)=NCc1ccc(OC2CCCC2)nc1. The van der Waals surface area contributed by atoms with Crippen molar-refractivity contribution in [2.24, 2.45) is 16.5 Å². The molecule has 4 N–H and O–H groups in total. The number of hydrogen-bond acceptors (Lipinski definition) is 3. The number of halogens is 1. The van der Waals surface area contributed by atoms with Gasteiger partial charge in [0.05, 0.1) is 6.54 Å². The number of rotatable bonds is 4. The molecule has 0 unspecified atom stereocenters. The standard InChI is InChI=1S/C12H18N4O.HI/c13-12(14)16-8-9-5-6-11(15-7-9)17-10-3-1-2-4-10;/h5-7,10H,1-4,8H2,(H4,13,14,16);1H. The molecule has 1 aromatic rings. The molecule has 0 atom stereocenters. The van der Waals surface area contributed by atoms with E-state index in [1.807, 2.05) is 12.1 Å².